The fraction of sp³-hybridized carbons (Fsp3) is 0.286. The zero-order chi connectivity index (χ0) is 20.7. The lowest BCUT2D eigenvalue weighted by atomic mass is 9.95. The lowest BCUT2D eigenvalue weighted by Gasteiger charge is -2.18. The Hall–Kier alpha value is -3.35. The number of nitrogens with one attached hydrogen (secondary N) is 3. The van der Waals surface area contributed by atoms with Crippen LogP contribution in [0.2, 0.25) is 0 Å². The number of hydrogen-bond acceptors (Lipinski definition) is 5. The highest BCUT2D eigenvalue weighted by atomic mass is 16.5. The zero-order valence-electron chi connectivity index (χ0n) is 16.5. The normalized spacial score (nSPS) is 10.7. The van der Waals surface area contributed by atoms with Gasteiger partial charge < -0.3 is 20.7 Å². The molecule has 0 spiro atoms. The van der Waals surface area contributed by atoms with E-state index in [4.69, 9.17) is 0 Å². The molecule has 0 aromatic heterocycles. The summed E-state index contributed by atoms with van der Waals surface area (Å²) in [6.07, 6.45) is 0. The van der Waals surface area contributed by atoms with Crippen molar-refractivity contribution in [3.8, 4) is 0 Å². The van der Waals surface area contributed by atoms with E-state index in [2.05, 4.69) is 20.7 Å². The van der Waals surface area contributed by atoms with Crippen molar-refractivity contribution >= 4 is 34.8 Å². The van der Waals surface area contributed by atoms with Gasteiger partial charge in [0.05, 0.1) is 19.2 Å². The van der Waals surface area contributed by atoms with Crippen LogP contribution in [-0.2, 0) is 14.3 Å². The molecule has 0 saturated heterocycles. The summed E-state index contributed by atoms with van der Waals surface area (Å²) in [5.74, 6) is -0.757. The highest BCUT2D eigenvalue weighted by molar-refractivity contribution is 5.97. The second-order valence-corrected chi connectivity index (χ2v) is 7.26. The lowest BCUT2D eigenvalue weighted by Crippen LogP contribution is -2.27. The van der Waals surface area contributed by atoms with Gasteiger partial charge in [-0.1, -0.05) is 26.8 Å². The van der Waals surface area contributed by atoms with Gasteiger partial charge in [-0.2, -0.15) is 0 Å². The Morgan fingerprint density at radius 2 is 1.50 bits per heavy atom. The van der Waals surface area contributed by atoms with Crippen molar-refractivity contribution in [2.75, 3.05) is 29.6 Å². The Kier molecular flexibility index (Phi) is 6.76. The standard InChI is InChI=1S/C21H25N3O4/c1-21(2,3)20(27)24-17-7-5-6-16(12-17)23-18(25)13-22-15-10-8-14(9-11-15)19(26)28-4/h5-12,22H,13H2,1-4H3,(H,23,25)(H,24,27). The highest BCUT2D eigenvalue weighted by Gasteiger charge is 2.21. The summed E-state index contributed by atoms with van der Waals surface area (Å²) in [7, 11) is 1.32. The molecule has 0 unspecified atom stereocenters. The molecule has 0 atom stereocenters. The molecule has 148 valence electrons. The average Bonchev–Trinajstić information content (AvgIpc) is 2.65. The second kappa shape index (κ2) is 9.03. The fourth-order valence-corrected chi connectivity index (χ4v) is 2.22. The monoisotopic (exact) mass is 383 g/mol. The first-order valence-corrected chi connectivity index (χ1v) is 8.82. The Balaban J connectivity index is 1.90. The maximum atomic E-state index is 12.2. The average molecular weight is 383 g/mol. The van der Waals surface area contributed by atoms with Crippen molar-refractivity contribution in [3.63, 3.8) is 0 Å². The topological polar surface area (TPSA) is 96.5 Å². The van der Waals surface area contributed by atoms with Gasteiger partial charge >= 0.3 is 5.97 Å². The zero-order valence-corrected chi connectivity index (χ0v) is 16.5. The number of benzene rings is 2. The second-order valence-electron chi connectivity index (χ2n) is 7.26. The molecule has 0 fully saturated rings. The summed E-state index contributed by atoms with van der Waals surface area (Å²) < 4.78 is 4.64. The van der Waals surface area contributed by atoms with Crippen LogP contribution in [0.4, 0.5) is 17.1 Å². The first-order chi connectivity index (χ1) is 13.2. The minimum absolute atomic E-state index is 0.0517. The molecule has 0 aliphatic rings. The van der Waals surface area contributed by atoms with E-state index in [9.17, 15) is 14.4 Å². The summed E-state index contributed by atoms with van der Waals surface area (Å²) in [5, 5.41) is 8.59. The third-order valence-electron chi connectivity index (χ3n) is 3.84. The van der Waals surface area contributed by atoms with Crippen LogP contribution < -0.4 is 16.0 Å². The van der Waals surface area contributed by atoms with E-state index >= 15 is 0 Å². The maximum Gasteiger partial charge on any atom is 0.337 e. The number of amides is 2. The van der Waals surface area contributed by atoms with Crippen LogP contribution in [0.15, 0.2) is 48.5 Å². The van der Waals surface area contributed by atoms with Gasteiger partial charge in [0, 0.05) is 22.5 Å². The van der Waals surface area contributed by atoms with Crippen molar-refractivity contribution in [2.45, 2.75) is 20.8 Å². The minimum Gasteiger partial charge on any atom is -0.465 e. The van der Waals surface area contributed by atoms with Crippen LogP contribution in [0, 0.1) is 5.41 Å². The molecule has 7 heteroatoms. The molecule has 0 aliphatic heterocycles. The molecule has 2 aromatic carbocycles. The van der Waals surface area contributed by atoms with Gasteiger partial charge in [0.2, 0.25) is 11.8 Å². The van der Waals surface area contributed by atoms with Gasteiger partial charge in [-0.25, -0.2) is 4.79 Å². The smallest absolute Gasteiger partial charge is 0.337 e. The molecule has 7 nitrogen and oxygen atoms in total. The highest BCUT2D eigenvalue weighted by Crippen LogP contribution is 2.20. The summed E-state index contributed by atoms with van der Waals surface area (Å²) in [6.45, 7) is 5.54. The van der Waals surface area contributed by atoms with Crippen molar-refractivity contribution in [2.24, 2.45) is 5.41 Å². The van der Waals surface area contributed by atoms with Crippen LogP contribution in [-0.4, -0.2) is 31.4 Å². The van der Waals surface area contributed by atoms with E-state index < -0.39 is 11.4 Å². The van der Waals surface area contributed by atoms with Crippen molar-refractivity contribution in [1.29, 1.82) is 0 Å². The number of rotatable bonds is 6. The molecule has 0 saturated carbocycles. The molecule has 0 aliphatic carbocycles. The Morgan fingerprint density at radius 1 is 0.893 bits per heavy atom. The van der Waals surface area contributed by atoms with E-state index in [0.717, 1.165) is 0 Å². The third kappa shape index (κ3) is 6.12. The lowest BCUT2D eigenvalue weighted by molar-refractivity contribution is -0.123. The van der Waals surface area contributed by atoms with Gasteiger partial charge in [0.25, 0.3) is 0 Å². The van der Waals surface area contributed by atoms with Crippen molar-refractivity contribution in [1.82, 2.24) is 0 Å². The molecule has 3 N–H and O–H groups in total. The number of carbonyl (C=O) groups excluding carboxylic acids is 3. The molecule has 0 bridgehead atoms. The van der Waals surface area contributed by atoms with E-state index in [0.29, 0.717) is 22.6 Å². The molecular weight excluding hydrogens is 358 g/mol. The number of methoxy groups -OCH3 is 1. The summed E-state index contributed by atoms with van der Waals surface area (Å²) in [6, 6.07) is 13.6. The van der Waals surface area contributed by atoms with Crippen molar-refractivity contribution in [3.05, 3.63) is 54.1 Å². The summed E-state index contributed by atoms with van der Waals surface area (Å²) in [5.41, 5.74) is 1.83. The Morgan fingerprint density at radius 3 is 2.07 bits per heavy atom. The summed E-state index contributed by atoms with van der Waals surface area (Å²) >= 11 is 0. The van der Waals surface area contributed by atoms with Crippen LogP contribution in [0.3, 0.4) is 0 Å². The van der Waals surface area contributed by atoms with E-state index in [1.165, 1.54) is 7.11 Å². The van der Waals surface area contributed by atoms with E-state index in [1.54, 1.807) is 48.5 Å². The molecular formula is C21H25N3O4. The molecule has 2 rings (SSSR count). The van der Waals surface area contributed by atoms with E-state index in [1.807, 2.05) is 20.8 Å². The Bertz CT molecular complexity index is 855. The molecule has 2 aromatic rings. The van der Waals surface area contributed by atoms with Gasteiger partial charge in [-0.05, 0) is 42.5 Å². The fourth-order valence-electron chi connectivity index (χ4n) is 2.22. The first kappa shape index (κ1) is 21.0. The number of esters is 1. The number of ether oxygens (including phenoxy) is 1. The van der Waals surface area contributed by atoms with Gasteiger partial charge in [-0.15, -0.1) is 0 Å². The predicted molar refractivity (Wildman–Crippen MR) is 109 cm³/mol. The third-order valence-corrected chi connectivity index (χ3v) is 3.84. The van der Waals surface area contributed by atoms with Gasteiger partial charge in [-0.3, -0.25) is 9.59 Å². The maximum absolute atomic E-state index is 12.2. The van der Waals surface area contributed by atoms with Crippen LogP contribution in [0.1, 0.15) is 31.1 Å². The SMILES string of the molecule is COC(=O)c1ccc(NCC(=O)Nc2cccc(NC(=O)C(C)(C)C)c2)cc1. The predicted octanol–water partition coefficient (Wildman–Crippen LogP) is 3.51. The van der Waals surface area contributed by atoms with E-state index in [-0.39, 0.29) is 18.4 Å². The largest absolute Gasteiger partial charge is 0.465 e. The first-order valence-electron chi connectivity index (χ1n) is 8.82. The molecule has 0 radical (unpaired) electrons. The number of hydrogen-bond donors (Lipinski definition) is 3. The number of carbonyl (C=O) groups is 3. The Labute approximate surface area is 164 Å². The molecule has 2 amide bonds. The quantitative estimate of drug-likeness (QED) is 0.664. The van der Waals surface area contributed by atoms with Crippen LogP contribution in [0.5, 0.6) is 0 Å². The minimum atomic E-state index is -0.507. The van der Waals surface area contributed by atoms with Crippen LogP contribution >= 0.6 is 0 Å². The summed E-state index contributed by atoms with van der Waals surface area (Å²) in [4.78, 5) is 35.7. The number of anilines is 3. The van der Waals surface area contributed by atoms with Gasteiger partial charge in [0.1, 0.15) is 0 Å². The molecule has 28 heavy (non-hydrogen) atoms. The van der Waals surface area contributed by atoms with Crippen molar-refractivity contribution < 1.29 is 19.1 Å². The molecule has 0 heterocycles. The van der Waals surface area contributed by atoms with Gasteiger partial charge in [0.15, 0.2) is 0 Å². The van der Waals surface area contributed by atoms with Crippen LogP contribution in [0.25, 0.3) is 0 Å².